The Hall–Kier alpha value is -0.560. The van der Waals surface area contributed by atoms with E-state index >= 15 is 0 Å². The first-order valence-corrected chi connectivity index (χ1v) is 4.62. The summed E-state index contributed by atoms with van der Waals surface area (Å²) in [4.78, 5) is 3.92. The van der Waals surface area contributed by atoms with Crippen LogP contribution in [0.4, 0.5) is 0 Å². The molecule has 0 saturated carbocycles. The fraction of sp³-hybridized carbons (Fsp3) is 0.500. The van der Waals surface area contributed by atoms with E-state index in [2.05, 4.69) is 25.6 Å². The lowest BCUT2D eigenvalue weighted by atomic mass is 10.1. The first kappa shape index (κ1) is 11.4. The van der Waals surface area contributed by atoms with E-state index in [4.69, 9.17) is 11.6 Å². The van der Waals surface area contributed by atoms with Crippen LogP contribution in [-0.4, -0.2) is 12.6 Å². The molecular formula is C10H16ClN. The van der Waals surface area contributed by atoms with Crippen LogP contribution >= 0.6 is 11.6 Å². The molecule has 68 valence electrons. The smallest absolute Gasteiger partial charge is 0.0407 e. The maximum absolute atomic E-state index is 5.47. The third-order valence-electron chi connectivity index (χ3n) is 1.33. The highest BCUT2D eigenvalue weighted by atomic mass is 35.5. The Morgan fingerprint density at radius 2 is 2.25 bits per heavy atom. The van der Waals surface area contributed by atoms with Gasteiger partial charge in [-0.15, -0.1) is 11.6 Å². The van der Waals surface area contributed by atoms with Crippen molar-refractivity contribution < 1.29 is 0 Å². The van der Waals surface area contributed by atoms with Gasteiger partial charge < -0.3 is 0 Å². The minimum Gasteiger partial charge on any atom is -0.269 e. The molecule has 0 aliphatic heterocycles. The number of alkyl halides is 1. The number of hydrogen-bond donors (Lipinski definition) is 0. The highest BCUT2D eigenvalue weighted by Gasteiger charge is 1.96. The Morgan fingerprint density at radius 1 is 1.58 bits per heavy atom. The van der Waals surface area contributed by atoms with Crippen LogP contribution in [-0.2, 0) is 0 Å². The van der Waals surface area contributed by atoms with E-state index in [1.807, 2.05) is 18.2 Å². The molecule has 0 aliphatic rings. The molecule has 0 heterocycles. The van der Waals surface area contributed by atoms with Gasteiger partial charge in [0.2, 0.25) is 0 Å². The molecule has 0 aromatic rings. The normalized spacial score (nSPS) is 12.8. The standard InChI is InChI=1S/C10H16ClN/c1-9(2)8-10(12-3)6-4-5-7-11/h4-6,9H,3,7-8H2,1-2H3/b5-4-,10-6-. The van der Waals surface area contributed by atoms with E-state index in [1.54, 1.807) is 0 Å². The van der Waals surface area contributed by atoms with Gasteiger partial charge in [0.1, 0.15) is 0 Å². The molecule has 0 atom stereocenters. The molecule has 0 aromatic heterocycles. The van der Waals surface area contributed by atoms with Crippen molar-refractivity contribution in [1.29, 1.82) is 0 Å². The van der Waals surface area contributed by atoms with Gasteiger partial charge in [-0.3, -0.25) is 4.99 Å². The van der Waals surface area contributed by atoms with Gasteiger partial charge >= 0.3 is 0 Å². The van der Waals surface area contributed by atoms with E-state index < -0.39 is 0 Å². The zero-order valence-corrected chi connectivity index (χ0v) is 8.51. The average Bonchev–Trinajstić information content (AvgIpc) is 2.02. The first-order valence-electron chi connectivity index (χ1n) is 4.09. The minimum absolute atomic E-state index is 0.544. The van der Waals surface area contributed by atoms with Gasteiger partial charge in [0.15, 0.2) is 0 Å². The summed E-state index contributed by atoms with van der Waals surface area (Å²) in [5.74, 6) is 1.16. The van der Waals surface area contributed by atoms with Crippen molar-refractivity contribution in [1.82, 2.24) is 0 Å². The molecule has 0 amide bonds. The Morgan fingerprint density at radius 3 is 2.67 bits per heavy atom. The van der Waals surface area contributed by atoms with Gasteiger partial charge in [0, 0.05) is 11.6 Å². The average molecular weight is 186 g/mol. The molecule has 12 heavy (non-hydrogen) atoms. The van der Waals surface area contributed by atoms with Gasteiger partial charge in [-0.05, 0) is 25.1 Å². The molecule has 0 unspecified atom stereocenters. The van der Waals surface area contributed by atoms with Gasteiger partial charge in [0.25, 0.3) is 0 Å². The number of nitrogens with zero attached hydrogens (tertiary/aromatic N) is 1. The van der Waals surface area contributed by atoms with Crippen LogP contribution in [0.25, 0.3) is 0 Å². The Labute approximate surface area is 79.8 Å². The highest BCUT2D eigenvalue weighted by molar-refractivity contribution is 6.18. The quantitative estimate of drug-likeness (QED) is 0.354. The summed E-state index contributed by atoms with van der Waals surface area (Å²) < 4.78 is 0. The number of halogens is 1. The topological polar surface area (TPSA) is 12.4 Å². The largest absolute Gasteiger partial charge is 0.269 e. The first-order chi connectivity index (χ1) is 5.70. The lowest BCUT2D eigenvalue weighted by Gasteiger charge is -2.02. The molecule has 0 saturated heterocycles. The molecule has 2 heteroatoms. The summed E-state index contributed by atoms with van der Waals surface area (Å²) in [5, 5.41) is 0. The summed E-state index contributed by atoms with van der Waals surface area (Å²) in [6.45, 7) is 7.82. The molecule has 0 fully saturated rings. The van der Waals surface area contributed by atoms with Crippen LogP contribution in [0.3, 0.4) is 0 Å². The second-order valence-corrected chi connectivity index (χ2v) is 3.31. The summed E-state index contributed by atoms with van der Waals surface area (Å²) in [5.41, 5.74) is 1.02. The summed E-state index contributed by atoms with van der Waals surface area (Å²) >= 11 is 5.47. The van der Waals surface area contributed by atoms with E-state index in [1.165, 1.54) is 0 Å². The van der Waals surface area contributed by atoms with E-state index in [0.717, 1.165) is 12.1 Å². The number of aliphatic imine (C=N–C) groups is 1. The van der Waals surface area contributed by atoms with E-state index in [9.17, 15) is 0 Å². The maximum Gasteiger partial charge on any atom is 0.0407 e. The predicted molar refractivity (Wildman–Crippen MR) is 56.9 cm³/mol. The molecule has 0 spiro atoms. The Balaban J connectivity index is 4.04. The fourth-order valence-corrected chi connectivity index (χ4v) is 0.937. The summed E-state index contributed by atoms with van der Waals surface area (Å²) in [6, 6.07) is 0. The molecule has 0 rings (SSSR count). The fourth-order valence-electron chi connectivity index (χ4n) is 0.834. The molecule has 0 aromatic carbocycles. The number of allylic oxidation sites excluding steroid dienone is 4. The zero-order chi connectivity index (χ0) is 9.40. The predicted octanol–water partition coefficient (Wildman–Crippen LogP) is 3.41. The zero-order valence-electron chi connectivity index (χ0n) is 7.76. The molecule has 0 bridgehead atoms. The summed E-state index contributed by atoms with van der Waals surface area (Å²) in [7, 11) is 0. The SMILES string of the molecule is C=N/C(=C\C=C/CCl)CC(C)C. The van der Waals surface area contributed by atoms with Crippen molar-refractivity contribution in [2.24, 2.45) is 10.9 Å². The second kappa shape index (κ2) is 7.11. The Bertz CT molecular complexity index is 180. The molecule has 1 nitrogen and oxygen atoms in total. The maximum atomic E-state index is 5.47. The van der Waals surface area contributed by atoms with Crippen molar-refractivity contribution in [3.8, 4) is 0 Å². The van der Waals surface area contributed by atoms with Crippen molar-refractivity contribution in [3.63, 3.8) is 0 Å². The second-order valence-electron chi connectivity index (χ2n) is 3.00. The van der Waals surface area contributed by atoms with Crippen LogP contribution in [0.15, 0.2) is 28.9 Å². The van der Waals surface area contributed by atoms with E-state index in [0.29, 0.717) is 11.8 Å². The van der Waals surface area contributed by atoms with Gasteiger partial charge in [-0.1, -0.05) is 26.0 Å². The van der Waals surface area contributed by atoms with Crippen LogP contribution < -0.4 is 0 Å². The van der Waals surface area contributed by atoms with Gasteiger partial charge in [-0.2, -0.15) is 0 Å². The molecule has 0 radical (unpaired) electrons. The molecular weight excluding hydrogens is 170 g/mol. The van der Waals surface area contributed by atoms with Crippen molar-refractivity contribution in [3.05, 3.63) is 23.9 Å². The number of hydrogen-bond acceptors (Lipinski definition) is 1. The van der Waals surface area contributed by atoms with Crippen LogP contribution in [0.5, 0.6) is 0 Å². The number of rotatable bonds is 5. The third kappa shape index (κ3) is 6.17. The lowest BCUT2D eigenvalue weighted by molar-refractivity contribution is 0.639. The van der Waals surface area contributed by atoms with Gasteiger partial charge in [0.05, 0.1) is 0 Å². The van der Waals surface area contributed by atoms with Crippen molar-refractivity contribution in [2.45, 2.75) is 20.3 Å². The van der Waals surface area contributed by atoms with Crippen LogP contribution in [0, 0.1) is 5.92 Å². The Kier molecular flexibility index (Phi) is 6.78. The lowest BCUT2D eigenvalue weighted by Crippen LogP contribution is -1.88. The molecule has 0 N–H and O–H groups in total. The minimum atomic E-state index is 0.544. The van der Waals surface area contributed by atoms with Crippen LogP contribution in [0.2, 0.25) is 0 Å². The molecule has 0 aliphatic carbocycles. The van der Waals surface area contributed by atoms with Crippen LogP contribution in [0.1, 0.15) is 20.3 Å². The van der Waals surface area contributed by atoms with Gasteiger partial charge in [-0.25, -0.2) is 0 Å². The highest BCUT2D eigenvalue weighted by Crippen LogP contribution is 2.10. The van der Waals surface area contributed by atoms with E-state index in [-0.39, 0.29) is 0 Å². The summed E-state index contributed by atoms with van der Waals surface area (Å²) in [6.07, 6.45) is 6.72. The monoisotopic (exact) mass is 185 g/mol. The van der Waals surface area contributed by atoms with Crippen molar-refractivity contribution >= 4 is 18.3 Å². The third-order valence-corrected chi connectivity index (χ3v) is 1.51. The van der Waals surface area contributed by atoms with Crippen molar-refractivity contribution in [2.75, 3.05) is 5.88 Å².